The predicted octanol–water partition coefficient (Wildman–Crippen LogP) is 4.50. The number of hydrogen-bond acceptors (Lipinski definition) is 2. The monoisotopic (exact) mass is 439 g/mol. The van der Waals surface area contributed by atoms with Gasteiger partial charge < -0.3 is 10.3 Å². The summed E-state index contributed by atoms with van der Waals surface area (Å²) >= 11 is 3.62. The van der Waals surface area contributed by atoms with Gasteiger partial charge in [-0.3, -0.25) is 9.69 Å². The number of hydrogen-bond donors (Lipinski definition) is 2. The second-order valence-corrected chi connectivity index (χ2v) is 8.40. The summed E-state index contributed by atoms with van der Waals surface area (Å²) in [5, 5.41) is 4.40. The lowest BCUT2D eigenvalue weighted by molar-refractivity contribution is -0.126. The van der Waals surface area contributed by atoms with Gasteiger partial charge in [-0.15, -0.1) is 0 Å². The first kappa shape index (κ1) is 19.2. The molecular formula is C23H26BrN3O. The molecule has 1 amide bonds. The number of benzene rings is 2. The van der Waals surface area contributed by atoms with E-state index in [1.807, 2.05) is 12.1 Å². The lowest BCUT2D eigenvalue weighted by Gasteiger charge is -2.31. The third-order valence-corrected chi connectivity index (χ3v) is 6.45. The van der Waals surface area contributed by atoms with E-state index < -0.39 is 0 Å². The first-order valence-corrected chi connectivity index (χ1v) is 10.8. The molecule has 1 saturated heterocycles. The van der Waals surface area contributed by atoms with Gasteiger partial charge in [-0.2, -0.15) is 0 Å². The molecule has 2 aromatic carbocycles. The number of nitrogens with zero attached hydrogens (tertiary/aromatic N) is 1. The Balaban J connectivity index is 1.22. The third-order valence-electron chi connectivity index (χ3n) is 5.68. The van der Waals surface area contributed by atoms with Gasteiger partial charge in [-0.1, -0.05) is 52.3 Å². The zero-order valence-corrected chi connectivity index (χ0v) is 17.5. The number of carbonyl (C=O) groups is 1. The van der Waals surface area contributed by atoms with E-state index in [0.29, 0.717) is 6.54 Å². The normalized spacial score (nSPS) is 15.8. The molecule has 3 aromatic rings. The van der Waals surface area contributed by atoms with Crippen LogP contribution in [0.15, 0.2) is 59.2 Å². The molecule has 0 unspecified atom stereocenters. The largest absolute Gasteiger partial charge is 0.361 e. The van der Waals surface area contributed by atoms with Crippen molar-refractivity contribution in [3.63, 3.8) is 0 Å². The molecule has 0 atom stereocenters. The minimum atomic E-state index is 0.137. The highest BCUT2D eigenvalue weighted by Crippen LogP contribution is 2.23. The van der Waals surface area contributed by atoms with Crippen LogP contribution in [0.25, 0.3) is 10.9 Å². The molecule has 1 fully saturated rings. The van der Waals surface area contributed by atoms with Crippen molar-refractivity contribution in [2.75, 3.05) is 19.6 Å². The lowest BCUT2D eigenvalue weighted by atomic mass is 9.95. The Morgan fingerprint density at radius 2 is 1.82 bits per heavy atom. The maximum Gasteiger partial charge on any atom is 0.223 e. The maximum atomic E-state index is 12.6. The Morgan fingerprint density at radius 1 is 1.07 bits per heavy atom. The summed E-state index contributed by atoms with van der Waals surface area (Å²) in [4.78, 5) is 18.3. The van der Waals surface area contributed by atoms with Crippen LogP contribution in [0.3, 0.4) is 0 Å². The van der Waals surface area contributed by atoms with Gasteiger partial charge in [0.15, 0.2) is 0 Å². The molecule has 0 aliphatic carbocycles. The second kappa shape index (κ2) is 8.93. The quantitative estimate of drug-likeness (QED) is 0.593. The van der Waals surface area contributed by atoms with Crippen LogP contribution in [0.1, 0.15) is 24.0 Å². The standard InChI is InChI=1S/C23H26BrN3O/c24-21-7-3-1-5-19(21)16-27-13-10-17(11-14-27)23(28)25-12-9-18-15-26-22-8-4-2-6-20(18)22/h1-8,15,17,26H,9-14,16H2,(H,25,28). The van der Waals surface area contributed by atoms with E-state index in [9.17, 15) is 4.79 Å². The fourth-order valence-corrected chi connectivity index (χ4v) is 4.43. The molecule has 146 valence electrons. The van der Waals surface area contributed by atoms with Gasteiger partial charge in [-0.05, 0) is 55.6 Å². The Bertz CT molecular complexity index is 944. The Hall–Kier alpha value is -2.11. The number of H-pyrrole nitrogens is 1. The number of halogens is 1. The van der Waals surface area contributed by atoms with Gasteiger partial charge in [0.25, 0.3) is 0 Å². The number of rotatable bonds is 6. The van der Waals surface area contributed by atoms with E-state index in [4.69, 9.17) is 0 Å². The van der Waals surface area contributed by atoms with Crippen molar-refractivity contribution in [2.45, 2.75) is 25.8 Å². The first-order valence-electron chi connectivity index (χ1n) is 9.99. The summed E-state index contributed by atoms with van der Waals surface area (Å²) in [6.07, 6.45) is 4.78. The van der Waals surface area contributed by atoms with Crippen LogP contribution in [0.5, 0.6) is 0 Å². The Kier molecular flexibility index (Phi) is 6.13. The summed E-state index contributed by atoms with van der Waals surface area (Å²) in [6, 6.07) is 16.7. The number of carbonyl (C=O) groups excluding carboxylic acids is 1. The minimum absolute atomic E-state index is 0.137. The smallest absolute Gasteiger partial charge is 0.223 e. The molecule has 4 nitrogen and oxygen atoms in total. The Labute approximate surface area is 174 Å². The van der Waals surface area contributed by atoms with Gasteiger partial charge in [-0.25, -0.2) is 0 Å². The summed E-state index contributed by atoms with van der Waals surface area (Å²) in [5.41, 5.74) is 3.73. The van der Waals surface area contributed by atoms with Crippen molar-refractivity contribution in [3.8, 4) is 0 Å². The van der Waals surface area contributed by atoms with Crippen molar-refractivity contribution in [2.24, 2.45) is 5.92 Å². The van der Waals surface area contributed by atoms with Crippen molar-refractivity contribution in [1.82, 2.24) is 15.2 Å². The molecule has 2 heterocycles. The minimum Gasteiger partial charge on any atom is -0.361 e. The van der Waals surface area contributed by atoms with Crippen LogP contribution < -0.4 is 5.32 Å². The van der Waals surface area contributed by atoms with Crippen LogP contribution in [-0.2, 0) is 17.8 Å². The van der Waals surface area contributed by atoms with Crippen LogP contribution in [0.4, 0.5) is 0 Å². The van der Waals surface area contributed by atoms with Crippen molar-refractivity contribution >= 4 is 32.7 Å². The van der Waals surface area contributed by atoms with Crippen molar-refractivity contribution in [3.05, 3.63) is 70.3 Å². The predicted molar refractivity (Wildman–Crippen MR) is 117 cm³/mol. The number of amides is 1. The molecule has 2 N–H and O–H groups in total. The highest BCUT2D eigenvalue weighted by atomic mass is 79.9. The number of fused-ring (bicyclic) bond motifs is 1. The fraction of sp³-hybridized carbons (Fsp3) is 0.348. The van der Waals surface area contributed by atoms with Crippen molar-refractivity contribution in [1.29, 1.82) is 0 Å². The molecule has 4 rings (SSSR count). The zero-order valence-electron chi connectivity index (χ0n) is 16.0. The van der Waals surface area contributed by atoms with Crippen molar-refractivity contribution < 1.29 is 4.79 Å². The highest BCUT2D eigenvalue weighted by molar-refractivity contribution is 9.10. The van der Waals surface area contributed by atoms with E-state index in [2.05, 4.69) is 73.7 Å². The highest BCUT2D eigenvalue weighted by Gasteiger charge is 2.25. The number of aromatic amines is 1. The summed E-state index contributed by atoms with van der Waals surface area (Å²) in [7, 11) is 0. The number of para-hydroxylation sites is 1. The van der Waals surface area contributed by atoms with Crippen LogP contribution in [0, 0.1) is 5.92 Å². The second-order valence-electron chi connectivity index (χ2n) is 7.54. The maximum absolute atomic E-state index is 12.6. The van der Waals surface area contributed by atoms with E-state index in [1.165, 1.54) is 16.5 Å². The molecule has 1 aromatic heterocycles. The fourth-order valence-electron chi connectivity index (χ4n) is 4.02. The molecule has 0 spiro atoms. The van der Waals surface area contributed by atoms with Gasteiger partial charge in [0.1, 0.15) is 0 Å². The average molecular weight is 440 g/mol. The van der Waals surface area contributed by atoms with Gasteiger partial charge in [0, 0.05) is 40.6 Å². The third kappa shape index (κ3) is 4.47. The lowest BCUT2D eigenvalue weighted by Crippen LogP contribution is -2.40. The molecular weight excluding hydrogens is 414 g/mol. The van der Waals surface area contributed by atoms with E-state index in [1.54, 1.807) is 0 Å². The SMILES string of the molecule is O=C(NCCc1c[nH]c2ccccc12)C1CCN(Cc2ccccc2Br)CC1. The summed E-state index contributed by atoms with van der Waals surface area (Å²) in [5.74, 6) is 0.346. The van der Waals surface area contributed by atoms with Gasteiger partial charge in [0.2, 0.25) is 5.91 Å². The molecule has 1 aliphatic rings. The molecule has 5 heteroatoms. The van der Waals surface area contributed by atoms with Crippen LogP contribution in [0.2, 0.25) is 0 Å². The summed E-state index contributed by atoms with van der Waals surface area (Å²) in [6.45, 7) is 3.58. The number of aromatic nitrogens is 1. The zero-order chi connectivity index (χ0) is 19.3. The molecule has 28 heavy (non-hydrogen) atoms. The van der Waals surface area contributed by atoms with E-state index >= 15 is 0 Å². The van der Waals surface area contributed by atoms with E-state index in [0.717, 1.165) is 48.9 Å². The molecule has 0 bridgehead atoms. The molecule has 1 aliphatic heterocycles. The van der Waals surface area contributed by atoms with Gasteiger partial charge in [0.05, 0.1) is 0 Å². The van der Waals surface area contributed by atoms with Gasteiger partial charge >= 0.3 is 0 Å². The number of nitrogens with one attached hydrogen (secondary N) is 2. The van der Waals surface area contributed by atoms with E-state index in [-0.39, 0.29) is 11.8 Å². The Morgan fingerprint density at radius 3 is 2.64 bits per heavy atom. The number of likely N-dealkylation sites (tertiary alicyclic amines) is 1. The topological polar surface area (TPSA) is 48.1 Å². The number of piperidine rings is 1. The van der Waals surface area contributed by atoms with Crippen LogP contribution in [-0.4, -0.2) is 35.4 Å². The van der Waals surface area contributed by atoms with Crippen LogP contribution >= 0.6 is 15.9 Å². The summed E-state index contributed by atoms with van der Waals surface area (Å²) < 4.78 is 1.16. The first-order chi connectivity index (χ1) is 13.7. The molecule has 0 radical (unpaired) electrons. The average Bonchev–Trinajstić information content (AvgIpc) is 3.13. The molecule has 0 saturated carbocycles.